The molecule has 2 aromatic rings. The molecule has 2 rings (SSSR count). The maximum atomic E-state index is 10.7. The van der Waals surface area contributed by atoms with Crippen LogP contribution in [0.15, 0.2) is 28.8 Å². The normalized spacial score (nSPS) is 10.5. The molecule has 0 aliphatic rings. The fourth-order valence-electron chi connectivity index (χ4n) is 1.49. The van der Waals surface area contributed by atoms with E-state index in [4.69, 9.17) is 9.63 Å². The van der Waals surface area contributed by atoms with Crippen molar-refractivity contribution in [2.45, 2.75) is 20.0 Å². The zero-order valence-electron chi connectivity index (χ0n) is 9.88. The lowest BCUT2D eigenvalue weighted by Gasteiger charge is -2.02. The number of carboxylic acids is 1. The molecule has 1 aromatic carbocycles. The predicted octanol–water partition coefficient (Wildman–Crippen LogP) is 1.37. The van der Waals surface area contributed by atoms with Crippen LogP contribution in [-0.2, 0) is 13.1 Å². The summed E-state index contributed by atoms with van der Waals surface area (Å²) >= 11 is 0. The lowest BCUT2D eigenvalue weighted by molar-refractivity contribution is 0.0697. The third-order valence-corrected chi connectivity index (χ3v) is 2.38. The van der Waals surface area contributed by atoms with Gasteiger partial charge in [0.05, 0.1) is 12.1 Å². The van der Waals surface area contributed by atoms with E-state index in [0.29, 0.717) is 24.8 Å². The van der Waals surface area contributed by atoms with Crippen molar-refractivity contribution in [2.75, 3.05) is 0 Å². The highest BCUT2D eigenvalue weighted by Gasteiger charge is 2.03. The van der Waals surface area contributed by atoms with E-state index < -0.39 is 5.97 Å². The Kier molecular flexibility index (Phi) is 3.69. The minimum Gasteiger partial charge on any atom is -0.478 e. The summed E-state index contributed by atoms with van der Waals surface area (Å²) in [6.45, 7) is 2.86. The Bertz CT molecular complexity index is 534. The van der Waals surface area contributed by atoms with Gasteiger partial charge in [-0.15, -0.1) is 0 Å². The van der Waals surface area contributed by atoms with Gasteiger partial charge in [0.2, 0.25) is 5.89 Å². The smallest absolute Gasteiger partial charge is 0.335 e. The van der Waals surface area contributed by atoms with Crippen LogP contribution >= 0.6 is 0 Å². The van der Waals surface area contributed by atoms with Crippen molar-refractivity contribution in [1.29, 1.82) is 0 Å². The third kappa shape index (κ3) is 3.14. The van der Waals surface area contributed by atoms with Crippen molar-refractivity contribution < 1.29 is 14.4 Å². The number of nitrogens with one attached hydrogen (secondary N) is 1. The van der Waals surface area contributed by atoms with Gasteiger partial charge in [-0.2, -0.15) is 4.98 Å². The van der Waals surface area contributed by atoms with E-state index in [1.165, 1.54) is 0 Å². The molecular weight excluding hydrogens is 234 g/mol. The molecule has 0 atom stereocenters. The zero-order valence-corrected chi connectivity index (χ0v) is 9.88. The molecule has 6 heteroatoms. The number of aryl methyl sites for hydroxylation is 1. The Morgan fingerprint density at radius 3 is 2.61 bits per heavy atom. The van der Waals surface area contributed by atoms with Crippen molar-refractivity contribution in [3.05, 3.63) is 47.1 Å². The van der Waals surface area contributed by atoms with Crippen molar-refractivity contribution in [2.24, 2.45) is 0 Å². The molecule has 0 aliphatic heterocycles. The number of benzene rings is 1. The second-order valence-corrected chi connectivity index (χ2v) is 3.84. The Morgan fingerprint density at radius 2 is 2.06 bits per heavy atom. The van der Waals surface area contributed by atoms with Gasteiger partial charge < -0.3 is 14.9 Å². The van der Waals surface area contributed by atoms with Gasteiger partial charge in [0.1, 0.15) is 0 Å². The second kappa shape index (κ2) is 5.42. The van der Waals surface area contributed by atoms with Crippen molar-refractivity contribution in [3.8, 4) is 0 Å². The minimum atomic E-state index is -0.921. The molecule has 1 aromatic heterocycles. The maximum absolute atomic E-state index is 10.7. The van der Waals surface area contributed by atoms with Gasteiger partial charge in [0, 0.05) is 6.54 Å². The van der Waals surface area contributed by atoms with E-state index >= 15 is 0 Å². The van der Waals surface area contributed by atoms with Crippen LogP contribution in [0.2, 0.25) is 0 Å². The molecule has 0 radical (unpaired) electrons. The van der Waals surface area contributed by atoms with Gasteiger partial charge in [-0.05, 0) is 24.6 Å². The molecule has 94 valence electrons. The van der Waals surface area contributed by atoms with Gasteiger partial charge in [0.15, 0.2) is 5.82 Å². The van der Waals surface area contributed by atoms with Crippen LogP contribution in [0.4, 0.5) is 0 Å². The van der Waals surface area contributed by atoms with Crippen LogP contribution in [0.25, 0.3) is 0 Å². The number of hydrogen-bond donors (Lipinski definition) is 2. The summed E-state index contributed by atoms with van der Waals surface area (Å²) in [6.07, 6.45) is 0. The van der Waals surface area contributed by atoms with Crippen LogP contribution in [0.1, 0.15) is 27.6 Å². The largest absolute Gasteiger partial charge is 0.478 e. The Hall–Kier alpha value is -2.21. The SMILES string of the molecule is Cc1noc(CNCc2ccc(C(=O)O)cc2)n1. The summed E-state index contributed by atoms with van der Waals surface area (Å²) in [5.41, 5.74) is 1.28. The molecule has 18 heavy (non-hydrogen) atoms. The summed E-state index contributed by atoms with van der Waals surface area (Å²) < 4.78 is 4.95. The summed E-state index contributed by atoms with van der Waals surface area (Å²) in [5.74, 6) is 0.225. The van der Waals surface area contributed by atoms with Crippen molar-refractivity contribution in [1.82, 2.24) is 15.5 Å². The van der Waals surface area contributed by atoms with Crippen molar-refractivity contribution >= 4 is 5.97 Å². The number of rotatable bonds is 5. The summed E-state index contributed by atoms with van der Waals surface area (Å²) in [7, 11) is 0. The highest BCUT2D eigenvalue weighted by Crippen LogP contribution is 2.04. The molecule has 0 unspecified atom stereocenters. The number of hydrogen-bond acceptors (Lipinski definition) is 5. The lowest BCUT2D eigenvalue weighted by Crippen LogP contribution is -2.13. The van der Waals surface area contributed by atoms with E-state index in [2.05, 4.69) is 15.5 Å². The van der Waals surface area contributed by atoms with E-state index in [1.54, 1.807) is 31.2 Å². The first-order valence-electron chi connectivity index (χ1n) is 5.47. The molecule has 0 bridgehead atoms. The molecule has 0 aliphatic carbocycles. The highest BCUT2D eigenvalue weighted by atomic mass is 16.5. The van der Waals surface area contributed by atoms with Crippen LogP contribution in [0, 0.1) is 6.92 Å². The number of nitrogens with zero attached hydrogens (tertiary/aromatic N) is 2. The lowest BCUT2D eigenvalue weighted by atomic mass is 10.1. The van der Waals surface area contributed by atoms with E-state index in [9.17, 15) is 4.79 Å². The predicted molar refractivity (Wildman–Crippen MR) is 63.0 cm³/mol. The van der Waals surface area contributed by atoms with Crippen LogP contribution < -0.4 is 5.32 Å². The fraction of sp³-hybridized carbons (Fsp3) is 0.250. The monoisotopic (exact) mass is 247 g/mol. The van der Waals surface area contributed by atoms with Gasteiger partial charge in [-0.1, -0.05) is 17.3 Å². The number of aromatic carboxylic acids is 1. The molecule has 1 heterocycles. The number of carbonyl (C=O) groups is 1. The second-order valence-electron chi connectivity index (χ2n) is 3.84. The first-order valence-corrected chi connectivity index (χ1v) is 5.47. The molecule has 0 amide bonds. The molecule has 0 spiro atoms. The highest BCUT2D eigenvalue weighted by molar-refractivity contribution is 5.87. The average molecular weight is 247 g/mol. The molecule has 0 saturated heterocycles. The third-order valence-electron chi connectivity index (χ3n) is 2.38. The molecular formula is C12H13N3O3. The fourth-order valence-corrected chi connectivity index (χ4v) is 1.49. The van der Waals surface area contributed by atoms with Crippen LogP contribution in [0.5, 0.6) is 0 Å². The van der Waals surface area contributed by atoms with Gasteiger partial charge in [-0.25, -0.2) is 4.79 Å². The van der Waals surface area contributed by atoms with Crippen molar-refractivity contribution in [3.63, 3.8) is 0 Å². The van der Waals surface area contributed by atoms with Gasteiger partial charge in [-0.3, -0.25) is 0 Å². The Labute approximate surface area is 104 Å². The zero-order chi connectivity index (χ0) is 13.0. The molecule has 0 saturated carbocycles. The molecule has 2 N–H and O–H groups in total. The first kappa shape index (κ1) is 12.3. The molecule has 0 fully saturated rings. The molecule has 6 nitrogen and oxygen atoms in total. The van der Waals surface area contributed by atoms with Crippen LogP contribution in [0.3, 0.4) is 0 Å². The minimum absolute atomic E-state index is 0.284. The maximum Gasteiger partial charge on any atom is 0.335 e. The summed E-state index contributed by atoms with van der Waals surface area (Å²) in [6, 6.07) is 6.71. The number of carboxylic acid groups (broad SMARTS) is 1. The van der Waals surface area contributed by atoms with E-state index in [0.717, 1.165) is 5.56 Å². The Morgan fingerprint density at radius 1 is 1.33 bits per heavy atom. The quantitative estimate of drug-likeness (QED) is 0.829. The van der Waals surface area contributed by atoms with E-state index in [1.807, 2.05) is 0 Å². The summed E-state index contributed by atoms with van der Waals surface area (Å²) in [4.78, 5) is 14.7. The van der Waals surface area contributed by atoms with Gasteiger partial charge in [0.25, 0.3) is 0 Å². The van der Waals surface area contributed by atoms with E-state index in [-0.39, 0.29) is 5.56 Å². The van der Waals surface area contributed by atoms with Crippen LogP contribution in [-0.4, -0.2) is 21.2 Å². The number of aromatic nitrogens is 2. The first-order chi connectivity index (χ1) is 8.65. The topological polar surface area (TPSA) is 88.2 Å². The average Bonchev–Trinajstić information content (AvgIpc) is 2.76. The van der Waals surface area contributed by atoms with Gasteiger partial charge >= 0.3 is 5.97 Å². The summed E-state index contributed by atoms with van der Waals surface area (Å²) in [5, 5.41) is 15.6. The Balaban J connectivity index is 1.85. The standard InChI is InChI=1S/C12H13N3O3/c1-8-14-11(18-15-8)7-13-6-9-2-4-10(5-3-9)12(16)17/h2-5,13H,6-7H2,1H3,(H,16,17).